The summed E-state index contributed by atoms with van der Waals surface area (Å²) in [6, 6.07) is 11.4. The van der Waals surface area contributed by atoms with E-state index in [0.29, 0.717) is 29.8 Å². The highest BCUT2D eigenvalue weighted by atomic mass is 16.5. The van der Waals surface area contributed by atoms with Gasteiger partial charge < -0.3 is 19.3 Å². The van der Waals surface area contributed by atoms with E-state index < -0.39 is 12.1 Å². The lowest BCUT2D eigenvalue weighted by molar-refractivity contribution is -0.141. The fourth-order valence-corrected chi connectivity index (χ4v) is 4.39. The van der Waals surface area contributed by atoms with Gasteiger partial charge in [-0.2, -0.15) is 0 Å². The standard InChI is InChI=1S/C26H29N3O6/c1-4-27-11-13-28(14-12-27)23(30)17(2)35-26(33)21-15-18(9-10-22(21)34-3)16-29-24(31)19-7-5-6-8-20(19)25(29)32/h5-10,15,17H,4,11-14,16H2,1-3H3/t17-/m1/s1. The monoisotopic (exact) mass is 479 g/mol. The molecule has 2 aromatic carbocycles. The Morgan fingerprint density at radius 3 is 2.17 bits per heavy atom. The Bertz CT molecular complexity index is 1120. The number of hydrogen-bond donors (Lipinski definition) is 0. The molecular weight excluding hydrogens is 450 g/mol. The molecule has 2 aromatic rings. The third-order valence-electron chi connectivity index (χ3n) is 6.47. The molecular formula is C26H29N3O6. The molecule has 184 valence electrons. The highest BCUT2D eigenvalue weighted by molar-refractivity contribution is 6.21. The second-order valence-electron chi connectivity index (χ2n) is 8.58. The van der Waals surface area contributed by atoms with Gasteiger partial charge in [0.2, 0.25) is 0 Å². The van der Waals surface area contributed by atoms with Crippen molar-refractivity contribution in [3.63, 3.8) is 0 Å². The van der Waals surface area contributed by atoms with Crippen LogP contribution in [0.3, 0.4) is 0 Å². The highest BCUT2D eigenvalue weighted by Crippen LogP contribution is 2.27. The molecule has 4 rings (SSSR count). The van der Waals surface area contributed by atoms with Crippen molar-refractivity contribution in [3.05, 3.63) is 64.7 Å². The summed E-state index contributed by atoms with van der Waals surface area (Å²) in [6.45, 7) is 7.32. The van der Waals surface area contributed by atoms with Gasteiger partial charge in [-0.25, -0.2) is 4.79 Å². The summed E-state index contributed by atoms with van der Waals surface area (Å²) in [7, 11) is 1.43. The van der Waals surface area contributed by atoms with E-state index in [4.69, 9.17) is 9.47 Å². The van der Waals surface area contributed by atoms with Crippen LogP contribution in [-0.2, 0) is 16.1 Å². The van der Waals surface area contributed by atoms with E-state index in [0.717, 1.165) is 24.5 Å². The van der Waals surface area contributed by atoms with Gasteiger partial charge in [-0.3, -0.25) is 19.3 Å². The van der Waals surface area contributed by atoms with Gasteiger partial charge in [-0.1, -0.05) is 25.1 Å². The van der Waals surface area contributed by atoms with Crippen LogP contribution in [0.1, 0.15) is 50.5 Å². The Morgan fingerprint density at radius 2 is 1.60 bits per heavy atom. The van der Waals surface area contributed by atoms with Crippen LogP contribution < -0.4 is 4.74 Å². The highest BCUT2D eigenvalue weighted by Gasteiger charge is 2.35. The van der Waals surface area contributed by atoms with E-state index in [-0.39, 0.29) is 35.6 Å². The summed E-state index contributed by atoms with van der Waals surface area (Å²) in [5, 5.41) is 0. The number of esters is 1. The van der Waals surface area contributed by atoms with Crippen molar-refractivity contribution in [1.29, 1.82) is 0 Å². The van der Waals surface area contributed by atoms with E-state index in [1.807, 2.05) is 0 Å². The summed E-state index contributed by atoms with van der Waals surface area (Å²) in [4.78, 5) is 56.3. The zero-order chi connectivity index (χ0) is 25.1. The van der Waals surface area contributed by atoms with Crippen LogP contribution in [0, 0.1) is 0 Å². The first-order chi connectivity index (χ1) is 16.8. The molecule has 35 heavy (non-hydrogen) atoms. The van der Waals surface area contributed by atoms with Crippen molar-refractivity contribution in [2.45, 2.75) is 26.5 Å². The molecule has 2 aliphatic rings. The van der Waals surface area contributed by atoms with Gasteiger partial charge >= 0.3 is 5.97 Å². The molecule has 0 spiro atoms. The van der Waals surface area contributed by atoms with Crippen LogP contribution in [0.2, 0.25) is 0 Å². The Hall–Kier alpha value is -3.72. The van der Waals surface area contributed by atoms with Crippen molar-refractivity contribution < 1.29 is 28.7 Å². The maximum atomic E-state index is 13.0. The van der Waals surface area contributed by atoms with E-state index in [2.05, 4.69) is 11.8 Å². The van der Waals surface area contributed by atoms with Crippen molar-refractivity contribution in [2.75, 3.05) is 39.8 Å². The fourth-order valence-electron chi connectivity index (χ4n) is 4.39. The van der Waals surface area contributed by atoms with E-state index >= 15 is 0 Å². The molecule has 0 bridgehead atoms. The molecule has 2 aliphatic heterocycles. The van der Waals surface area contributed by atoms with E-state index in [1.54, 1.807) is 48.2 Å². The topological polar surface area (TPSA) is 96.5 Å². The quantitative estimate of drug-likeness (QED) is 0.444. The summed E-state index contributed by atoms with van der Waals surface area (Å²) in [6.07, 6.45) is -0.958. The Morgan fingerprint density at radius 1 is 0.971 bits per heavy atom. The van der Waals surface area contributed by atoms with Crippen molar-refractivity contribution in [3.8, 4) is 5.75 Å². The Kier molecular flexibility index (Phi) is 7.16. The van der Waals surface area contributed by atoms with Crippen molar-refractivity contribution in [1.82, 2.24) is 14.7 Å². The van der Waals surface area contributed by atoms with Gasteiger partial charge in [-0.15, -0.1) is 0 Å². The maximum absolute atomic E-state index is 13.0. The maximum Gasteiger partial charge on any atom is 0.342 e. The average Bonchev–Trinajstić information content (AvgIpc) is 3.13. The Labute approximate surface area is 204 Å². The number of benzene rings is 2. The number of rotatable bonds is 7. The fraction of sp³-hybridized carbons (Fsp3) is 0.385. The molecule has 0 aliphatic carbocycles. The van der Waals surface area contributed by atoms with Gasteiger partial charge in [0, 0.05) is 26.2 Å². The second-order valence-corrected chi connectivity index (χ2v) is 8.58. The van der Waals surface area contributed by atoms with Gasteiger partial charge in [0.25, 0.3) is 17.7 Å². The zero-order valence-corrected chi connectivity index (χ0v) is 20.2. The van der Waals surface area contributed by atoms with Crippen LogP contribution in [0.15, 0.2) is 42.5 Å². The number of piperazine rings is 1. The van der Waals surface area contributed by atoms with Crippen LogP contribution in [0.5, 0.6) is 5.75 Å². The van der Waals surface area contributed by atoms with Gasteiger partial charge in [0.05, 0.1) is 24.8 Å². The Balaban J connectivity index is 1.46. The third-order valence-corrected chi connectivity index (χ3v) is 6.47. The molecule has 0 saturated carbocycles. The summed E-state index contributed by atoms with van der Waals surface area (Å²) in [5.41, 5.74) is 1.40. The minimum Gasteiger partial charge on any atom is -0.496 e. The largest absolute Gasteiger partial charge is 0.496 e. The number of ether oxygens (including phenoxy) is 2. The molecule has 9 nitrogen and oxygen atoms in total. The van der Waals surface area contributed by atoms with E-state index in [1.165, 1.54) is 13.2 Å². The molecule has 1 fully saturated rings. The molecule has 0 radical (unpaired) electrons. The minimum atomic E-state index is -0.958. The van der Waals surface area contributed by atoms with Crippen molar-refractivity contribution >= 4 is 23.7 Å². The summed E-state index contributed by atoms with van der Waals surface area (Å²) < 4.78 is 10.8. The summed E-state index contributed by atoms with van der Waals surface area (Å²) >= 11 is 0. The molecule has 0 N–H and O–H groups in total. The number of fused-ring (bicyclic) bond motifs is 1. The third kappa shape index (κ3) is 4.90. The number of carbonyl (C=O) groups excluding carboxylic acids is 4. The van der Waals surface area contributed by atoms with Crippen LogP contribution in [0.25, 0.3) is 0 Å². The number of methoxy groups -OCH3 is 1. The van der Waals surface area contributed by atoms with Gasteiger partial charge in [0.15, 0.2) is 6.10 Å². The second kappa shape index (κ2) is 10.3. The molecule has 1 saturated heterocycles. The lowest BCUT2D eigenvalue weighted by atomic mass is 10.1. The average molecular weight is 480 g/mol. The number of nitrogens with zero attached hydrogens (tertiary/aromatic N) is 3. The molecule has 2 heterocycles. The van der Waals surface area contributed by atoms with Crippen LogP contribution in [0.4, 0.5) is 0 Å². The zero-order valence-electron chi connectivity index (χ0n) is 20.2. The molecule has 1 atom stereocenters. The number of hydrogen-bond acceptors (Lipinski definition) is 7. The first-order valence-electron chi connectivity index (χ1n) is 11.7. The SMILES string of the molecule is CCN1CCN(C(=O)[C@@H](C)OC(=O)c2cc(CN3C(=O)c4ccccc4C3=O)ccc2OC)CC1. The van der Waals surface area contributed by atoms with E-state index in [9.17, 15) is 19.2 Å². The summed E-state index contributed by atoms with van der Waals surface area (Å²) in [5.74, 6) is -1.44. The smallest absolute Gasteiger partial charge is 0.342 e. The lowest BCUT2D eigenvalue weighted by Gasteiger charge is -2.35. The predicted octanol–water partition coefficient (Wildman–Crippen LogP) is 2.20. The first kappa shape index (κ1) is 24.4. The van der Waals surface area contributed by atoms with Crippen LogP contribution >= 0.6 is 0 Å². The number of imide groups is 1. The minimum absolute atomic E-state index is 0.00713. The molecule has 3 amide bonds. The first-order valence-corrected chi connectivity index (χ1v) is 11.7. The molecule has 0 aromatic heterocycles. The number of likely N-dealkylation sites (N-methyl/N-ethyl adjacent to an activating group) is 1. The van der Waals surface area contributed by atoms with Crippen molar-refractivity contribution in [2.24, 2.45) is 0 Å². The molecule has 0 unspecified atom stereocenters. The number of amides is 3. The predicted molar refractivity (Wildman–Crippen MR) is 127 cm³/mol. The molecule has 9 heteroatoms. The number of carbonyl (C=O) groups is 4. The van der Waals surface area contributed by atoms with Gasteiger partial charge in [0.1, 0.15) is 11.3 Å². The lowest BCUT2D eigenvalue weighted by Crippen LogP contribution is -2.51. The normalized spacial score (nSPS) is 16.8. The van der Waals surface area contributed by atoms with Gasteiger partial charge in [-0.05, 0) is 43.3 Å². The van der Waals surface area contributed by atoms with Crippen LogP contribution in [-0.4, -0.2) is 84.3 Å².